The fourth-order valence-corrected chi connectivity index (χ4v) is 4.09. The second kappa shape index (κ2) is 6.39. The Morgan fingerprint density at radius 2 is 2.17 bits per heavy atom. The molecule has 0 aromatic carbocycles. The number of morpholine rings is 1. The summed E-state index contributed by atoms with van der Waals surface area (Å²) in [6, 6.07) is 8.20. The second-order valence-corrected chi connectivity index (χ2v) is 6.94. The molecule has 2 fully saturated rings. The van der Waals surface area contributed by atoms with Gasteiger partial charge in [-0.25, -0.2) is 0 Å². The molecule has 0 radical (unpaired) electrons. The van der Waals surface area contributed by atoms with Gasteiger partial charge in [-0.1, -0.05) is 6.07 Å². The first-order chi connectivity index (χ1) is 11.3. The maximum Gasteiger partial charge on any atom is 0.264 e. The second-order valence-electron chi connectivity index (χ2n) is 5.99. The number of rotatable bonds is 3. The molecule has 2 aliphatic rings. The smallest absolute Gasteiger partial charge is 0.264 e. The minimum atomic E-state index is 0.120. The number of aromatic nitrogens is 1. The zero-order valence-corrected chi connectivity index (χ0v) is 13.6. The van der Waals surface area contributed by atoms with Crippen molar-refractivity contribution >= 4 is 17.2 Å². The lowest BCUT2D eigenvalue weighted by atomic mass is 10.1. The van der Waals surface area contributed by atoms with Crippen LogP contribution in [-0.4, -0.2) is 59.1 Å². The van der Waals surface area contributed by atoms with E-state index in [1.165, 1.54) is 16.9 Å². The van der Waals surface area contributed by atoms with Crippen LogP contribution in [0.4, 0.5) is 0 Å². The van der Waals surface area contributed by atoms with Crippen LogP contribution in [0.5, 0.6) is 0 Å². The average Bonchev–Trinajstić information content (AvgIpc) is 3.25. The average molecular weight is 329 g/mol. The zero-order chi connectivity index (χ0) is 15.6. The maximum atomic E-state index is 12.6. The summed E-state index contributed by atoms with van der Waals surface area (Å²) in [5, 5.41) is 1.95. The summed E-state index contributed by atoms with van der Waals surface area (Å²) < 4.78 is 5.92. The molecule has 0 spiro atoms. The van der Waals surface area contributed by atoms with Crippen molar-refractivity contribution in [2.45, 2.75) is 18.7 Å². The Kier molecular flexibility index (Phi) is 4.11. The number of amides is 1. The van der Waals surface area contributed by atoms with E-state index < -0.39 is 0 Å². The molecule has 2 atom stereocenters. The quantitative estimate of drug-likeness (QED) is 0.862. The van der Waals surface area contributed by atoms with Gasteiger partial charge in [0.2, 0.25) is 0 Å². The summed E-state index contributed by atoms with van der Waals surface area (Å²) in [6.07, 6.45) is 3.78. The molecule has 0 unspecified atom stereocenters. The molecule has 4 heterocycles. The number of likely N-dealkylation sites (tertiary alicyclic amines) is 1. The molecule has 23 heavy (non-hydrogen) atoms. The Bertz CT molecular complexity index is 662. The van der Waals surface area contributed by atoms with Crippen LogP contribution in [0.1, 0.15) is 15.2 Å². The number of carbonyl (C=O) groups excluding carboxylic acids is 1. The van der Waals surface area contributed by atoms with Gasteiger partial charge in [-0.3, -0.25) is 14.7 Å². The maximum absolute atomic E-state index is 12.6. The SMILES string of the molecule is O=C(c1cccs1)N1C[C@@H]2OCCN(Cc3ccncc3)[C@H]2C1. The fraction of sp³-hybridized carbons (Fsp3) is 0.412. The highest BCUT2D eigenvalue weighted by molar-refractivity contribution is 7.12. The van der Waals surface area contributed by atoms with Crippen molar-refractivity contribution in [1.29, 1.82) is 0 Å². The molecule has 2 aromatic heterocycles. The zero-order valence-electron chi connectivity index (χ0n) is 12.8. The first kappa shape index (κ1) is 14.8. The van der Waals surface area contributed by atoms with E-state index in [1.54, 1.807) is 0 Å². The summed E-state index contributed by atoms with van der Waals surface area (Å²) in [4.78, 5) is 21.8. The number of carbonyl (C=O) groups is 1. The van der Waals surface area contributed by atoms with Crippen molar-refractivity contribution in [1.82, 2.24) is 14.8 Å². The van der Waals surface area contributed by atoms with Crippen LogP contribution < -0.4 is 0 Å². The van der Waals surface area contributed by atoms with E-state index in [-0.39, 0.29) is 18.1 Å². The predicted molar refractivity (Wildman–Crippen MR) is 88.4 cm³/mol. The monoisotopic (exact) mass is 329 g/mol. The molecule has 0 bridgehead atoms. The molecule has 2 aromatic rings. The molecule has 120 valence electrons. The molecule has 1 amide bonds. The Balaban J connectivity index is 1.47. The highest BCUT2D eigenvalue weighted by Gasteiger charge is 2.41. The molecule has 2 aliphatic heterocycles. The first-order valence-electron chi connectivity index (χ1n) is 7.88. The first-order valence-corrected chi connectivity index (χ1v) is 8.76. The van der Waals surface area contributed by atoms with Gasteiger partial charge in [-0.05, 0) is 29.1 Å². The van der Waals surface area contributed by atoms with Crippen LogP contribution in [0.2, 0.25) is 0 Å². The number of hydrogen-bond acceptors (Lipinski definition) is 5. The molecule has 0 aliphatic carbocycles. The fourth-order valence-electron chi connectivity index (χ4n) is 3.40. The predicted octanol–water partition coefficient (Wildman–Crippen LogP) is 1.87. The van der Waals surface area contributed by atoms with Crippen molar-refractivity contribution in [2.75, 3.05) is 26.2 Å². The van der Waals surface area contributed by atoms with Gasteiger partial charge in [-0.2, -0.15) is 0 Å². The Morgan fingerprint density at radius 3 is 2.96 bits per heavy atom. The van der Waals surface area contributed by atoms with Crippen LogP contribution in [0.25, 0.3) is 0 Å². The van der Waals surface area contributed by atoms with E-state index in [4.69, 9.17) is 4.74 Å². The highest BCUT2D eigenvalue weighted by Crippen LogP contribution is 2.26. The Hall–Kier alpha value is -1.76. The van der Waals surface area contributed by atoms with Gasteiger partial charge in [0.15, 0.2) is 0 Å². The molecular weight excluding hydrogens is 310 g/mol. The van der Waals surface area contributed by atoms with Crippen LogP contribution in [0.15, 0.2) is 42.0 Å². The van der Waals surface area contributed by atoms with Crippen molar-refractivity contribution < 1.29 is 9.53 Å². The van der Waals surface area contributed by atoms with E-state index >= 15 is 0 Å². The molecular formula is C17H19N3O2S. The molecule has 0 saturated carbocycles. The van der Waals surface area contributed by atoms with E-state index in [9.17, 15) is 4.79 Å². The summed E-state index contributed by atoms with van der Waals surface area (Å²) in [6.45, 7) is 3.95. The lowest BCUT2D eigenvalue weighted by Gasteiger charge is -2.36. The van der Waals surface area contributed by atoms with E-state index in [1.807, 2.05) is 46.9 Å². The molecule has 5 nitrogen and oxygen atoms in total. The summed E-state index contributed by atoms with van der Waals surface area (Å²) in [5.74, 6) is 0.127. The largest absolute Gasteiger partial charge is 0.373 e. The topological polar surface area (TPSA) is 45.7 Å². The third kappa shape index (κ3) is 3.02. The normalized spacial score (nSPS) is 24.6. The molecule has 0 N–H and O–H groups in total. The van der Waals surface area contributed by atoms with Gasteiger partial charge in [0.25, 0.3) is 5.91 Å². The van der Waals surface area contributed by atoms with Gasteiger partial charge in [0, 0.05) is 38.6 Å². The van der Waals surface area contributed by atoms with Gasteiger partial charge < -0.3 is 9.64 Å². The minimum Gasteiger partial charge on any atom is -0.373 e. The molecule has 6 heteroatoms. The summed E-state index contributed by atoms with van der Waals surface area (Å²) in [7, 11) is 0. The molecule has 4 rings (SSSR count). The van der Waals surface area contributed by atoms with Gasteiger partial charge >= 0.3 is 0 Å². The van der Waals surface area contributed by atoms with Crippen LogP contribution in [-0.2, 0) is 11.3 Å². The van der Waals surface area contributed by atoms with Crippen molar-refractivity contribution in [3.63, 3.8) is 0 Å². The van der Waals surface area contributed by atoms with Gasteiger partial charge in [-0.15, -0.1) is 11.3 Å². The van der Waals surface area contributed by atoms with Gasteiger partial charge in [0.1, 0.15) is 0 Å². The standard InChI is InChI=1S/C17H19N3O2S/c21-17(16-2-1-9-23-16)20-11-14-15(12-20)22-8-7-19(14)10-13-3-5-18-6-4-13/h1-6,9,14-15H,7-8,10-12H2/t14-,15-/m0/s1. The van der Waals surface area contributed by atoms with Crippen molar-refractivity contribution in [2.24, 2.45) is 0 Å². The number of ether oxygens (including phenoxy) is 1. The highest BCUT2D eigenvalue weighted by atomic mass is 32.1. The lowest BCUT2D eigenvalue weighted by Crippen LogP contribution is -2.50. The molecule has 2 saturated heterocycles. The third-order valence-electron chi connectivity index (χ3n) is 4.57. The lowest BCUT2D eigenvalue weighted by molar-refractivity contribution is -0.0503. The number of thiophene rings is 1. The van der Waals surface area contributed by atoms with Crippen LogP contribution in [0.3, 0.4) is 0 Å². The number of hydrogen-bond donors (Lipinski definition) is 0. The van der Waals surface area contributed by atoms with Crippen molar-refractivity contribution in [3.8, 4) is 0 Å². The number of nitrogens with zero attached hydrogens (tertiary/aromatic N) is 3. The van der Waals surface area contributed by atoms with Crippen LogP contribution in [0, 0.1) is 0 Å². The summed E-state index contributed by atoms with van der Waals surface area (Å²) in [5.41, 5.74) is 1.25. The van der Waals surface area contributed by atoms with Crippen LogP contribution >= 0.6 is 11.3 Å². The third-order valence-corrected chi connectivity index (χ3v) is 5.43. The van der Waals surface area contributed by atoms with E-state index in [0.29, 0.717) is 6.54 Å². The van der Waals surface area contributed by atoms with Gasteiger partial charge in [0.05, 0.1) is 23.6 Å². The Labute approximate surface area is 139 Å². The number of pyridine rings is 1. The minimum absolute atomic E-state index is 0.120. The van der Waals surface area contributed by atoms with Crippen molar-refractivity contribution in [3.05, 3.63) is 52.5 Å². The van der Waals surface area contributed by atoms with E-state index in [2.05, 4.69) is 9.88 Å². The Morgan fingerprint density at radius 1 is 1.30 bits per heavy atom. The summed E-state index contributed by atoms with van der Waals surface area (Å²) >= 11 is 1.50. The van der Waals surface area contributed by atoms with E-state index in [0.717, 1.165) is 31.1 Å². The number of fused-ring (bicyclic) bond motifs is 1.